The van der Waals surface area contributed by atoms with Crippen molar-refractivity contribution >= 4 is 17.8 Å². The Kier molecular flexibility index (Phi) is 4.21. The molecule has 1 aromatic rings. The molecule has 0 heterocycles. The number of benzene rings is 1. The van der Waals surface area contributed by atoms with Crippen LogP contribution in [0.3, 0.4) is 0 Å². The van der Waals surface area contributed by atoms with Gasteiger partial charge in [-0.05, 0) is 32.9 Å². The van der Waals surface area contributed by atoms with Crippen molar-refractivity contribution in [2.75, 3.05) is 0 Å². The van der Waals surface area contributed by atoms with Gasteiger partial charge in [0, 0.05) is 12.1 Å². The first-order valence-electron chi connectivity index (χ1n) is 5.38. The molecule has 0 saturated carbocycles. The number of rotatable bonds is 2. The van der Waals surface area contributed by atoms with E-state index in [2.05, 4.69) is 4.74 Å². The topological polar surface area (TPSA) is 95.7 Å². The van der Waals surface area contributed by atoms with Crippen molar-refractivity contribution in [2.45, 2.75) is 26.4 Å². The molecule has 7 nitrogen and oxygen atoms in total. The molecule has 0 N–H and O–H groups in total. The standard InChI is InChI=1S/C12H13NO6/c1-12(2,3)19-11(15)18-10(14)8-4-6-9(7-5-8)13(16)17/h4-7H,1-3H3. The maximum Gasteiger partial charge on any atom is 0.516 e. The van der Waals surface area contributed by atoms with E-state index in [1.165, 1.54) is 12.1 Å². The molecule has 0 aromatic heterocycles. The van der Waals surface area contributed by atoms with Crippen LogP contribution < -0.4 is 0 Å². The third kappa shape index (κ3) is 4.74. The molecule has 0 aliphatic heterocycles. The number of carbonyl (C=O) groups is 2. The highest BCUT2D eigenvalue weighted by atomic mass is 16.7. The van der Waals surface area contributed by atoms with Crippen molar-refractivity contribution in [3.05, 3.63) is 39.9 Å². The van der Waals surface area contributed by atoms with Crippen molar-refractivity contribution in [2.24, 2.45) is 0 Å². The van der Waals surface area contributed by atoms with Gasteiger partial charge in [-0.1, -0.05) is 0 Å². The van der Waals surface area contributed by atoms with Gasteiger partial charge >= 0.3 is 12.1 Å². The number of ether oxygens (including phenoxy) is 2. The lowest BCUT2D eigenvalue weighted by Gasteiger charge is -2.18. The lowest BCUT2D eigenvalue weighted by Crippen LogP contribution is -2.26. The van der Waals surface area contributed by atoms with Gasteiger partial charge in [-0.3, -0.25) is 10.1 Å². The lowest BCUT2D eigenvalue weighted by atomic mass is 10.2. The average molecular weight is 267 g/mol. The van der Waals surface area contributed by atoms with Gasteiger partial charge in [0.25, 0.3) is 5.69 Å². The molecule has 0 atom stereocenters. The van der Waals surface area contributed by atoms with E-state index >= 15 is 0 Å². The largest absolute Gasteiger partial charge is 0.516 e. The molecule has 0 unspecified atom stereocenters. The SMILES string of the molecule is CC(C)(C)OC(=O)OC(=O)c1ccc([N+](=O)[O-])cc1. The van der Waals surface area contributed by atoms with Crippen LogP contribution in [0.15, 0.2) is 24.3 Å². The zero-order valence-electron chi connectivity index (χ0n) is 10.7. The Bertz CT molecular complexity index is 500. The molecule has 0 bridgehead atoms. The summed E-state index contributed by atoms with van der Waals surface area (Å²) in [5.74, 6) is -0.927. The molecule has 0 spiro atoms. The highest BCUT2D eigenvalue weighted by Crippen LogP contribution is 2.14. The number of non-ortho nitro benzene ring substituents is 1. The fraction of sp³-hybridized carbons (Fsp3) is 0.333. The quantitative estimate of drug-likeness (QED) is 0.354. The predicted octanol–water partition coefficient (Wildman–Crippen LogP) is 2.69. The maximum absolute atomic E-state index is 11.5. The molecule has 102 valence electrons. The Balaban J connectivity index is 2.68. The Morgan fingerprint density at radius 2 is 1.68 bits per heavy atom. The third-order valence-electron chi connectivity index (χ3n) is 1.88. The molecule has 19 heavy (non-hydrogen) atoms. The molecule has 0 amide bonds. The molecule has 1 rings (SSSR count). The van der Waals surface area contributed by atoms with Crippen molar-refractivity contribution in [1.82, 2.24) is 0 Å². The van der Waals surface area contributed by atoms with Crippen molar-refractivity contribution in [1.29, 1.82) is 0 Å². The van der Waals surface area contributed by atoms with Crippen LogP contribution in [-0.4, -0.2) is 22.6 Å². The second-order valence-electron chi connectivity index (χ2n) is 4.66. The summed E-state index contributed by atoms with van der Waals surface area (Å²) >= 11 is 0. The van der Waals surface area contributed by atoms with E-state index in [0.29, 0.717) is 0 Å². The normalized spacial score (nSPS) is 10.7. The molecular formula is C12H13NO6. The second kappa shape index (κ2) is 5.47. The van der Waals surface area contributed by atoms with Gasteiger partial charge in [0.1, 0.15) is 5.60 Å². The smallest absolute Gasteiger partial charge is 0.428 e. The van der Waals surface area contributed by atoms with E-state index < -0.39 is 22.6 Å². The fourth-order valence-electron chi connectivity index (χ4n) is 1.12. The summed E-state index contributed by atoms with van der Waals surface area (Å²) < 4.78 is 9.24. The molecule has 7 heteroatoms. The monoisotopic (exact) mass is 267 g/mol. The van der Waals surface area contributed by atoms with Crippen LogP contribution in [0.5, 0.6) is 0 Å². The number of carbonyl (C=O) groups excluding carboxylic acids is 2. The first-order chi connectivity index (χ1) is 8.69. The Labute approximate surface area is 109 Å². The average Bonchev–Trinajstić information content (AvgIpc) is 2.26. The lowest BCUT2D eigenvalue weighted by molar-refractivity contribution is -0.384. The molecule has 1 aromatic carbocycles. The molecular weight excluding hydrogens is 254 g/mol. The predicted molar refractivity (Wildman–Crippen MR) is 64.7 cm³/mol. The summed E-state index contributed by atoms with van der Waals surface area (Å²) in [6.07, 6.45) is -1.11. The minimum Gasteiger partial charge on any atom is -0.428 e. The second-order valence-corrected chi connectivity index (χ2v) is 4.66. The zero-order valence-corrected chi connectivity index (χ0v) is 10.7. The van der Waals surface area contributed by atoms with E-state index in [9.17, 15) is 19.7 Å². The van der Waals surface area contributed by atoms with E-state index in [1.807, 2.05) is 0 Å². The van der Waals surface area contributed by atoms with Crippen LogP contribution in [0.2, 0.25) is 0 Å². The first kappa shape index (κ1) is 14.6. The van der Waals surface area contributed by atoms with Gasteiger partial charge in [0.2, 0.25) is 0 Å². The number of hydrogen-bond donors (Lipinski definition) is 0. The Hall–Kier alpha value is -2.44. The maximum atomic E-state index is 11.5. The van der Waals surface area contributed by atoms with Crippen LogP contribution in [0.4, 0.5) is 10.5 Å². The minimum absolute atomic E-state index is 0.0245. The molecule has 0 radical (unpaired) electrons. The minimum atomic E-state index is -1.11. The number of hydrogen-bond acceptors (Lipinski definition) is 6. The summed E-state index contributed by atoms with van der Waals surface area (Å²) in [5.41, 5.74) is -0.905. The highest BCUT2D eigenvalue weighted by molar-refractivity contribution is 5.95. The van der Waals surface area contributed by atoms with Crippen LogP contribution in [0.25, 0.3) is 0 Å². The van der Waals surface area contributed by atoms with Gasteiger partial charge < -0.3 is 9.47 Å². The van der Waals surface area contributed by atoms with E-state index in [0.717, 1.165) is 12.1 Å². The summed E-state index contributed by atoms with van der Waals surface area (Å²) in [6, 6.07) is 4.69. The number of nitro groups is 1. The van der Waals surface area contributed by atoms with E-state index in [1.54, 1.807) is 20.8 Å². The van der Waals surface area contributed by atoms with Gasteiger partial charge in [0.05, 0.1) is 10.5 Å². The van der Waals surface area contributed by atoms with Crippen LogP contribution in [0.1, 0.15) is 31.1 Å². The highest BCUT2D eigenvalue weighted by Gasteiger charge is 2.21. The Morgan fingerprint density at radius 1 is 1.16 bits per heavy atom. The molecule has 0 aliphatic carbocycles. The van der Waals surface area contributed by atoms with Crippen LogP contribution >= 0.6 is 0 Å². The summed E-state index contributed by atoms with van der Waals surface area (Å²) in [4.78, 5) is 32.6. The number of esters is 1. The molecule has 0 aliphatic rings. The number of nitro benzene ring substituents is 1. The summed E-state index contributed by atoms with van der Waals surface area (Å²) in [7, 11) is 0. The first-order valence-corrected chi connectivity index (χ1v) is 5.38. The van der Waals surface area contributed by atoms with Gasteiger partial charge in [-0.2, -0.15) is 0 Å². The van der Waals surface area contributed by atoms with Crippen LogP contribution in [-0.2, 0) is 9.47 Å². The molecule has 0 saturated heterocycles. The van der Waals surface area contributed by atoms with Crippen molar-refractivity contribution < 1.29 is 24.0 Å². The number of nitrogens with zero attached hydrogens (tertiary/aromatic N) is 1. The van der Waals surface area contributed by atoms with Gasteiger partial charge in [-0.25, -0.2) is 9.59 Å². The Morgan fingerprint density at radius 3 is 2.11 bits per heavy atom. The van der Waals surface area contributed by atoms with Crippen LogP contribution in [0, 0.1) is 10.1 Å². The van der Waals surface area contributed by atoms with Crippen molar-refractivity contribution in [3.8, 4) is 0 Å². The zero-order chi connectivity index (χ0) is 14.6. The third-order valence-corrected chi connectivity index (χ3v) is 1.88. The molecule has 0 fully saturated rings. The summed E-state index contributed by atoms with van der Waals surface area (Å²) in [5, 5.41) is 10.4. The summed E-state index contributed by atoms with van der Waals surface area (Å²) in [6.45, 7) is 4.89. The van der Waals surface area contributed by atoms with Gasteiger partial charge in [-0.15, -0.1) is 0 Å². The van der Waals surface area contributed by atoms with Gasteiger partial charge in [0.15, 0.2) is 0 Å². The van der Waals surface area contributed by atoms with E-state index in [-0.39, 0.29) is 11.3 Å². The fourth-order valence-corrected chi connectivity index (χ4v) is 1.12. The van der Waals surface area contributed by atoms with Crippen molar-refractivity contribution in [3.63, 3.8) is 0 Å². The van der Waals surface area contributed by atoms with E-state index in [4.69, 9.17) is 4.74 Å².